The standard InChI is InChI=1S/C24H20Cl2F2N2O5/c25-14-2-1-12(3-15(14)26)34-10-22(32)29-18-9-24(7-11(18)8-24)30-23(33)21-6-19(31)13-4-16(27)17(28)5-20(13)35-21/h1-5,11,18,21H,6-10H2,(H,29,32)(H,30,33)/t11?,18?,21-,24?/m1/s1. The summed E-state index contributed by atoms with van der Waals surface area (Å²) in [5, 5.41) is 6.59. The highest BCUT2D eigenvalue weighted by Gasteiger charge is 2.57. The van der Waals surface area contributed by atoms with Crippen molar-refractivity contribution in [1.29, 1.82) is 0 Å². The van der Waals surface area contributed by atoms with Gasteiger partial charge in [-0.1, -0.05) is 23.2 Å². The minimum absolute atomic E-state index is 0.0819. The second kappa shape index (κ2) is 8.95. The van der Waals surface area contributed by atoms with E-state index in [-0.39, 0.29) is 42.2 Å². The largest absolute Gasteiger partial charge is 0.484 e. The SMILES string of the molecule is O=C(COc1ccc(Cl)c(Cl)c1)NC1CC2(NC(=O)[C@H]3CC(=O)c4cc(F)c(F)cc4O3)CC1C2. The number of hydrogen-bond donors (Lipinski definition) is 2. The first-order chi connectivity index (χ1) is 16.6. The van der Waals surface area contributed by atoms with Crippen LogP contribution in [0.25, 0.3) is 0 Å². The van der Waals surface area contributed by atoms with Gasteiger partial charge in [-0.15, -0.1) is 0 Å². The molecule has 7 nitrogen and oxygen atoms in total. The third kappa shape index (κ3) is 4.67. The van der Waals surface area contributed by atoms with Crippen LogP contribution in [-0.2, 0) is 9.59 Å². The van der Waals surface area contributed by atoms with Gasteiger partial charge in [-0.25, -0.2) is 8.78 Å². The fourth-order valence-corrected chi connectivity index (χ4v) is 5.36. The zero-order valence-corrected chi connectivity index (χ0v) is 19.7. The number of halogens is 4. The first-order valence-corrected chi connectivity index (χ1v) is 11.8. The minimum Gasteiger partial charge on any atom is -0.484 e. The number of Topliss-reactive ketones (excluding diaryl/α,β-unsaturated/α-hetero) is 1. The number of hydrogen-bond acceptors (Lipinski definition) is 5. The van der Waals surface area contributed by atoms with Crippen molar-refractivity contribution < 1.29 is 32.6 Å². The molecule has 3 aliphatic carbocycles. The molecule has 2 bridgehead atoms. The molecule has 11 heteroatoms. The van der Waals surface area contributed by atoms with E-state index in [9.17, 15) is 23.2 Å². The molecule has 0 radical (unpaired) electrons. The summed E-state index contributed by atoms with van der Waals surface area (Å²) < 4.78 is 38.0. The van der Waals surface area contributed by atoms with Crippen molar-refractivity contribution in [2.24, 2.45) is 5.92 Å². The molecule has 2 aromatic carbocycles. The summed E-state index contributed by atoms with van der Waals surface area (Å²) in [6, 6.07) is 6.14. The van der Waals surface area contributed by atoms with Crippen LogP contribution < -0.4 is 20.1 Å². The molecule has 4 aliphatic rings. The summed E-state index contributed by atoms with van der Waals surface area (Å²) >= 11 is 11.8. The van der Waals surface area contributed by atoms with Crippen molar-refractivity contribution in [3.8, 4) is 11.5 Å². The van der Waals surface area contributed by atoms with E-state index in [1.54, 1.807) is 12.1 Å². The van der Waals surface area contributed by atoms with E-state index in [0.29, 0.717) is 35.1 Å². The van der Waals surface area contributed by atoms with Crippen LogP contribution in [0.3, 0.4) is 0 Å². The van der Waals surface area contributed by atoms with E-state index in [1.165, 1.54) is 6.07 Å². The summed E-state index contributed by atoms with van der Waals surface area (Å²) in [6.07, 6.45) is 0.471. The third-order valence-electron chi connectivity index (χ3n) is 6.74. The second-order valence-electron chi connectivity index (χ2n) is 9.18. The van der Waals surface area contributed by atoms with Crippen molar-refractivity contribution in [2.75, 3.05) is 6.61 Å². The van der Waals surface area contributed by atoms with Gasteiger partial charge in [0.15, 0.2) is 30.1 Å². The van der Waals surface area contributed by atoms with Gasteiger partial charge in [-0.2, -0.15) is 0 Å². The first kappa shape index (κ1) is 23.8. The van der Waals surface area contributed by atoms with Crippen molar-refractivity contribution >= 4 is 40.8 Å². The fraction of sp³-hybridized carbons (Fsp3) is 0.375. The van der Waals surface area contributed by atoms with Gasteiger partial charge >= 0.3 is 0 Å². The Morgan fingerprint density at radius 2 is 1.83 bits per heavy atom. The van der Waals surface area contributed by atoms with Crippen LogP contribution >= 0.6 is 23.2 Å². The number of carbonyl (C=O) groups excluding carboxylic acids is 3. The topological polar surface area (TPSA) is 93.7 Å². The highest BCUT2D eigenvalue weighted by Crippen LogP contribution is 2.52. The highest BCUT2D eigenvalue weighted by molar-refractivity contribution is 6.42. The molecule has 3 fully saturated rings. The minimum atomic E-state index is -1.16. The summed E-state index contributed by atoms with van der Waals surface area (Å²) in [5.41, 5.74) is -0.591. The Hall–Kier alpha value is -2.91. The third-order valence-corrected chi connectivity index (χ3v) is 7.48. The fourth-order valence-electron chi connectivity index (χ4n) is 5.07. The Labute approximate surface area is 209 Å². The molecule has 2 N–H and O–H groups in total. The normalized spacial score (nSPS) is 26.3. The lowest BCUT2D eigenvalue weighted by molar-refractivity contribution is -0.131. The molecule has 0 spiro atoms. The van der Waals surface area contributed by atoms with E-state index < -0.39 is 35.0 Å². The molecule has 0 saturated heterocycles. The van der Waals surface area contributed by atoms with E-state index in [0.717, 1.165) is 12.1 Å². The van der Waals surface area contributed by atoms with E-state index in [4.69, 9.17) is 32.7 Å². The average Bonchev–Trinajstić information content (AvgIpc) is 3.29. The maximum absolute atomic E-state index is 13.6. The van der Waals surface area contributed by atoms with Crippen molar-refractivity contribution in [3.05, 3.63) is 57.6 Å². The number of ketones is 1. The Balaban J connectivity index is 1.14. The number of ether oxygens (including phenoxy) is 2. The van der Waals surface area contributed by atoms with E-state index in [2.05, 4.69) is 10.6 Å². The molecule has 6 rings (SSSR count). The molecule has 1 unspecified atom stereocenters. The monoisotopic (exact) mass is 524 g/mol. The van der Waals surface area contributed by atoms with E-state index >= 15 is 0 Å². The average molecular weight is 525 g/mol. The predicted octanol–water partition coefficient (Wildman–Crippen LogP) is 3.84. The van der Waals surface area contributed by atoms with Gasteiger partial charge in [0.2, 0.25) is 0 Å². The molecule has 35 heavy (non-hydrogen) atoms. The number of nitrogens with one attached hydrogen (secondary N) is 2. The summed E-state index contributed by atoms with van der Waals surface area (Å²) in [6.45, 7) is -0.199. The molecule has 184 valence electrons. The van der Waals surface area contributed by atoms with Crippen LogP contribution in [0.4, 0.5) is 8.78 Å². The van der Waals surface area contributed by atoms with Crippen LogP contribution in [0.1, 0.15) is 36.0 Å². The number of carbonyl (C=O) groups is 3. The molecule has 1 aliphatic heterocycles. The van der Waals surface area contributed by atoms with Crippen LogP contribution in [-0.4, -0.2) is 41.9 Å². The number of amides is 2. The Bertz CT molecular complexity index is 1230. The van der Waals surface area contributed by atoms with Gasteiger partial charge in [0.1, 0.15) is 11.5 Å². The molecule has 3 saturated carbocycles. The second-order valence-corrected chi connectivity index (χ2v) is 9.99. The maximum atomic E-state index is 13.6. The number of benzene rings is 2. The van der Waals surface area contributed by atoms with Gasteiger partial charge in [0, 0.05) is 23.7 Å². The predicted molar refractivity (Wildman–Crippen MR) is 122 cm³/mol. The van der Waals surface area contributed by atoms with Crippen molar-refractivity contribution in [2.45, 2.75) is 43.4 Å². The summed E-state index contributed by atoms with van der Waals surface area (Å²) in [5.74, 6) is -3.13. The Morgan fingerprint density at radius 1 is 1.09 bits per heavy atom. The Kier molecular flexibility index (Phi) is 6.09. The Morgan fingerprint density at radius 3 is 2.57 bits per heavy atom. The zero-order valence-electron chi connectivity index (χ0n) is 18.2. The van der Waals surface area contributed by atoms with Gasteiger partial charge in [0.05, 0.1) is 22.0 Å². The molecule has 2 amide bonds. The smallest absolute Gasteiger partial charge is 0.261 e. The summed E-state index contributed by atoms with van der Waals surface area (Å²) in [7, 11) is 0. The zero-order chi connectivity index (χ0) is 24.9. The lowest BCUT2D eigenvalue weighted by atomic mass is 9.76. The van der Waals surface area contributed by atoms with Gasteiger partial charge < -0.3 is 20.1 Å². The molecule has 2 aromatic rings. The van der Waals surface area contributed by atoms with Crippen molar-refractivity contribution in [1.82, 2.24) is 10.6 Å². The van der Waals surface area contributed by atoms with Gasteiger partial charge in [0.25, 0.3) is 11.8 Å². The van der Waals surface area contributed by atoms with Crippen LogP contribution in [0.2, 0.25) is 10.0 Å². The van der Waals surface area contributed by atoms with Crippen LogP contribution in [0.15, 0.2) is 30.3 Å². The lowest BCUT2D eigenvalue weighted by Gasteiger charge is -2.40. The molecule has 1 heterocycles. The summed E-state index contributed by atoms with van der Waals surface area (Å²) in [4.78, 5) is 37.6. The molecular weight excluding hydrogens is 505 g/mol. The first-order valence-electron chi connectivity index (χ1n) is 11.0. The van der Waals surface area contributed by atoms with E-state index in [1.807, 2.05) is 0 Å². The van der Waals surface area contributed by atoms with Crippen LogP contribution in [0, 0.1) is 17.6 Å². The molecule has 0 aromatic heterocycles. The molecule has 2 atom stereocenters. The van der Waals surface area contributed by atoms with Crippen molar-refractivity contribution in [3.63, 3.8) is 0 Å². The molecular formula is C24H20Cl2F2N2O5. The van der Waals surface area contributed by atoms with Crippen LogP contribution in [0.5, 0.6) is 11.5 Å². The van der Waals surface area contributed by atoms with Gasteiger partial charge in [-0.05, 0) is 43.4 Å². The highest BCUT2D eigenvalue weighted by atomic mass is 35.5. The number of fused-ring (bicyclic) bond motifs is 2. The number of rotatable bonds is 6. The van der Waals surface area contributed by atoms with Gasteiger partial charge in [-0.3, -0.25) is 14.4 Å². The maximum Gasteiger partial charge on any atom is 0.261 e. The lowest BCUT2D eigenvalue weighted by Crippen LogP contribution is -2.56. The quantitative estimate of drug-likeness (QED) is 0.598.